The van der Waals surface area contributed by atoms with Crippen molar-refractivity contribution in [2.75, 3.05) is 41.4 Å². The maximum atomic E-state index is 13.7. The van der Waals surface area contributed by atoms with Crippen LogP contribution in [0, 0.1) is 11.7 Å². The van der Waals surface area contributed by atoms with Crippen LogP contribution in [-0.4, -0.2) is 46.0 Å². The van der Waals surface area contributed by atoms with Crippen LogP contribution in [0.2, 0.25) is 0 Å². The van der Waals surface area contributed by atoms with Gasteiger partial charge in [-0.3, -0.25) is 4.79 Å². The Morgan fingerprint density at radius 1 is 1.30 bits per heavy atom. The second kappa shape index (κ2) is 6.11. The van der Waals surface area contributed by atoms with Crippen molar-refractivity contribution in [1.29, 1.82) is 0 Å². The van der Waals surface area contributed by atoms with Gasteiger partial charge in [0.1, 0.15) is 5.82 Å². The van der Waals surface area contributed by atoms with Gasteiger partial charge in [0.2, 0.25) is 5.91 Å². The van der Waals surface area contributed by atoms with Crippen LogP contribution in [0.3, 0.4) is 0 Å². The van der Waals surface area contributed by atoms with E-state index in [4.69, 9.17) is 0 Å². The van der Waals surface area contributed by atoms with Crippen molar-refractivity contribution in [3.63, 3.8) is 0 Å². The number of hydrogen-bond donors (Lipinski definition) is 0. The Bertz CT molecular complexity index is 720. The van der Waals surface area contributed by atoms with Crippen molar-refractivity contribution in [1.82, 2.24) is 0 Å². The summed E-state index contributed by atoms with van der Waals surface area (Å²) in [5.41, 5.74) is 1.41. The number of halogens is 1. The van der Waals surface area contributed by atoms with Crippen LogP contribution in [-0.2, 0) is 14.6 Å². The van der Waals surface area contributed by atoms with Crippen LogP contribution < -0.4 is 9.80 Å². The van der Waals surface area contributed by atoms with Gasteiger partial charge in [-0.05, 0) is 37.0 Å². The van der Waals surface area contributed by atoms with Gasteiger partial charge in [0, 0.05) is 26.6 Å². The van der Waals surface area contributed by atoms with E-state index in [1.54, 1.807) is 11.0 Å². The lowest BCUT2D eigenvalue weighted by Crippen LogP contribution is -2.33. The lowest BCUT2D eigenvalue weighted by Gasteiger charge is -2.25. The van der Waals surface area contributed by atoms with Crippen LogP contribution in [0.25, 0.3) is 0 Å². The first kappa shape index (κ1) is 16.2. The summed E-state index contributed by atoms with van der Waals surface area (Å²) in [6, 6.07) is 4.48. The summed E-state index contributed by atoms with van der Waals surface area (Å²) in [6.07, 6.45) is 1.54. The normalized spacial score (nSPS) is 23.5. The summed E-state index contributed by atoms with van der Waals surface area (Å²) >= 11 is 0. The molecule has 23 heavy (non-hydrogen) atoms. The average molecular weight is 340 g/mol. The first-order chi connectivity index (χ1) is 10.9. The number of carbonyl (C=O) groups excluding carboxylic acids is 1. The van der Waals surface area contributed by atoms with Gasteiger partial charge in [-0.1, -0.05) is 0 Å². The molecule has 0 aromatic heterocycles. The summed E-state index contributed by atoms with van der Waals surface area (Å²) in [5.74, 6) is -0.360. The smallest absolute Gasteiger partial charge is 0.227 e. The molecule has 2 aliphatic heterocycles. The third-order valence-corrected chi connectivity index (χ3v) is 6.44. The Morgan fingerprint density at radius 2 is 2.09 bits per heavy atom. The molecule has 0 spiro atoms. The Hall–Kier alpha value is -1.63. The second-order valence-corrected chi connectivity index (χ2v) is 8.66. The van der Waals surface area contributed by atoms with Crippen molar-refractivity contribution in [3.8, 4) is 0 Å². The zero-order valence-electron chi connectivity index (χ0n) is 13.2. The van der Waals surface area contributed by atoms with E-state index in [0.717, 1.165) is 18.7 Å². The van der Waals surface area contributed by atoms with Crippen LogP contribution >= 0.6 is 0 Å². The molecule has 5 nitrogen and oxygen atoms in total. The fourth-order valence-electron chi connectivity index (χ4n) is 3.39. The Balaban J connectivity index is 1.83. The summed E-state index contributed by atoms with van der Waals surface area (Å²) in [5, 5.41) is 0. The van der Waals surface area contributed by atoms with Crippen molar-refractivity contribution < 1.29 is 17.6 Å². The quantitative estimate of drug-likeness (QED) is 0.824. The average Bonchev–Trinajstić information content (AvgIpc) is 2.72. The highest BCUT2D eigenvalue weighted by Crippen LogP contribution is 2.33. The molecule has 0 saturated carbocycles. The molecule has 1 saturated heterocycles. The fourth-order valence-corrected chi connectivity index (χ4v) is 5.25. The molecule has 1 aromatic rings. The molecule has 3 rings (SSSR count). The van der Waals surface area contributed by atoms with E-state index in [0.29, 0.717) is 18.7 Å². The van der Waals surface area contributed by atoms with E-state index in [9.17, 15) is 17.6 Å². The number of carbonyl (C=O) groups is 1. The minimum atomic E-state index is -2.99. The molecule has 0 aliphatic carbocycles. The molecule has 1 unspecified atom stereocenters. The van der Waals surface area contributed by atoms with Gasteiger partial charge in [0.25, 0.3) is 0 Å². The van der Waals surface area contributed by atoms with Crippen molar-refractivity contribution in [3.05, 3.63) is 24.0 Å². The highest BCUT2D eigenvalue weighted by Gasteiger charge is 2.32. The fraction of sp³-hybridized carbons (Fsp3) is 0.562. The number of rotatable bonds is 2. The Morgan fingerprint density at radius 3 is 2.78 bits per heavy atom. The van der Waals surface area contributed by atoms with Gasteiger partial charge in [-0.2, -0.15) is 0 Å². The van der Waals surface area contributed by atoms with Gasteiger partial charge < -0.3 is 9.80 Å². The van der Waals surface area contributed by atoms with E-state index in [1.165, 1.54) is 12.1 Å². The number of nitrogens with zero attached hydrogens (tertiary/aromatic N) is 2. The van der Waals surface area contributed by atoms with Gasteiger partial charge in [0.15, 0.2) is 9.84 Å². The van der Waals surface area contributed by atoms with E-state index in [1.807, 2.05) is 11.9 Å². The van der Waals surface area contributed by atoms with Crippen molar-refractivity contribution in [2.45, 2.75) is 19.3 Å². The zero-order chi connectivity index (χ0) is 16.6. The molecule has 0 N–H and O–H groups in total. The monoisotopic (exact) mass is 340 g/mol. The Kier molecular flexibility index (Phi) is 4.31. The van der Waals surface area contributed by atoms with Crippen LogP contribution in [0.5, 0.6) is 0 Å². The van der Waals surface area contributed by atoms with Crippen molar-refractivity contribution in [2.24, 2.45) is 5.92 Å². The largest absolute Gasteiger partial charge is 0.373 e. The molecule has 1 amide bonds. The molecule has 0 radical (unpaired) electrons. The second-order valence-electron chi connectivity index (χ2n) is 6.43. The lowest BCUT2D eigenvalue weighted by atomic mass is 10.0. The van der Waals surface area contributed by atoms with Gasteiger partial charge in [-0.15, -0.1) is 0 Å². The highest BCUT2D eigenvalue weighted by molar-refractivity contribution is 7.91. The zero-order valence-corrected chi connectivity index (χ0v) is 14.0. The predicted molar refractivity (Wildman–Crippen MR) is 88.0 cm³/mol. The predicted octanol–water partition coefficient (Wildman–Crippen LogP) is 1.82. The molecular weight excluding hydrogens is 319 g/mol. The number of benzene rings is 1. The summed E-state index contributed by atoms with van der Waals surface area (Å²) in [4.78, 5) is 16.3. The SMILES string of the molecule is CN1CCCN(C(=O)CC2CCS(=O)(=O)C2)c2cc(F)ccc21. The number of hydrogen-bond acceptors (Lipinski definition) is 4. The third kappa shape index (κ3) is 3.49. The Labute approximate surface area is 136 Å². The molecular formula is C16H21FN2O3S. The maximum absolute atomic E-state index is 13.7. The molecule has 1 fully saturated rings. The maximum Gasteiger partial charge on any atom is 0.227 e. The molecule has 1 aromatic carbocycles. The minimum Gasteiger partial charge on any atom is -0.373 e. The molecule has 126 valence electrons. The summed E-state index contributed by atoms with van der Waals surface area (Å²) in [6.45, 7) is 1.32. The first-order valence-electron chi connectivity index (χ1n) is 7.87. The van der Waals surface area contributed by atoms with Gasteiger partial charge in [-0.25, -0.2) is 12.8 Å². The standard InChI is InChI=1S/C16H21FN2O3S/c1-18-6-2-7-19(15-10-13(17)3-4-14(15)18)16(20)9-12-5-8-23(21,22)11-12/h3-4,10,12H,2,5-9,11H2,1H3. The number of anilines is 2. The topological polar surface area (TPSA) is 57.7 Å². The van der Waals surface area contributed by atoms with Crippen LogP contribution in [0.15, 0.2) is 18.2 Å². The number of fused-ring (bicyclic) bond motifs is 1. The van der Waals surface area contributed by atoms with E-state index in [2.05, 4.69) is 0 Å². The minimum absolute atomic E-state index is 0.0858. The van der Waals surface area contributed by atoms with E-state index < -0.39 is 9.84 Å². The molecule has 1 atom stereocenters. The van der Waals surface area contributed by atoms with Gasteiger partial charge in [0.05, 0.1) is 22.9 Å². The number of amides is 1. The summed E-state index contributed by atoms with van der Waals surface area (Å²) in [7, 11) is -1.07. The van der Waals surface area contributed by atoms with Crippen molar-refractivity contribution >= 4 is 27.1 Å². The van der Waals surface area contributed by atoms with Crippen LogP contribution in [0.1, 0.15) is 19.3 Å². The third-order valence-electron chi connectivity index (χ3n) is 4.61. The lowest BCUT2D eigenvalue weighted by molar-refractivity contribution is -0.119. The first-order valence-corrected chi connectivity index (χ1v) is 9.69. The highest BCUT2D eigenvalue weighted by atomic mass is 32.2. The van der Waals surface area contributed by atoms with Gasteiger partial charge >= 0.3 is 0 Å². The van der Waals surface area contributed by atoms with Crippen LogP contribution in [0.4, 0.5) is 15.8 Å². The number of sulfone groups is 1. The molecule has 0 bridgehead atoms. The summed E-state index contributed by atoms with van der Waals surface area (Å²) < 4.78 is 36.8. The molecule has 2 aliphatic rings. The molecule has 7 heteroatoms. The van der Waals surface area contributed by atoms with E-state index in [-0.39, 0.29) is 35.6 Å². The van der Waals surface area contributed by atoms with E-state index >= 15 is 0 Å². The molecule has 2 heterocycles.